The predicted molar refractivity (Wildman–Crippen MR) is 96.2 cm³/mol. The molecule has 1 aliphatic carbocycles. The van der Waals surface area contributed by atoms with Crippen molar-refractivity contribution >= 4 is 0 Å². The zero-order chi connectivity index (χ0) is 18.0. The highest BCUT2D eigenvalue weighted by atomic mass is 19.1. The molecule has 0 aromatic heterocycles. The zero-order valence-corrected chi connectivity index (χ0v) is 14.9. The van der Waals surface area contributed by atoms with Crippen LogP contribution in [0.4, 0.5) is 8.78 Å². The van der Waals surface area contributed by atoms with Crippen molar-refractivity contribution in [3.63, 3.8) is 0 Å². The van der Waals surface area contributed by atoms with Crippen molar-refractivity contribution in [2.75, 3.05) is 33.3 Å². The number of hydrogen-bond donors (Lipinski definition) is 1. The molecule has 3 nitrogen and oxygen atoms in total. The summed E-state index contributed by atoms with van der Waals surface area (Å²) in [6, 6.07) is 0. The van der Waals surface area contributed by atoms with Gasteiger partial charge in [0.25, 0.3) is 0 Å². The van der Waals surface area contributed by atoms with Gasteiger partial charge < -0.3 is 14.9 Å². The highest BCUT2D eigenvalue weighted by Gasteiger charge is 2.27. The number of halogens is 2. The molecule has 25 heavy (non-hydrogen) atoms. The molecule has 2 heterocycles. The van der Waals surface area contributed by atoms with E-state index in [-0.39, 0.29) is 12.4 Å². The molecule has 1 saturated heterocycles. The van der Waals surface area contributed by atoms with Gasteiger partial charge in [-0.15, -0.1) is 0 Å². The normalized spacial score (nSPS) is 25.2. The van der Waals surface area contributed by atoms with Gasteiger partial charge in [0.2, 0.25) is 0 Å². The van der Waals surface area contributed by atoms with Crippen LogP contribution in [0.5, 0.6) is 0 Å². The fourth-order valence-corrected chi connectivity index (χ4v) is 3.89. The lowest BCUT2D eigenvalue weighted by Gasteiger charge is -2.40. The number of nitrogens with zero attached hydrogens (tertiary/aromatic N) is 2. The average Bonchev–Trinajstić information content (AvgIpc) is 2.75. The third-order valence-electron chi connectivity index (χ3n) is 5.00. The summed E-state index contributed by atoms with van der Waals surface area (Å²) in [6.07, 6.45) is 8.74. The van der Waals surface area contributed by atoms with Crippen molar-refractivity contribution in [2.45, 2.75) is 32.4 Å². The molecule has 0 radical (unpaired) electrons. The Morgan fingerprint density at radius 1 is 1.36 bits per heavy atom. The summed E-state index contributed by atoms with van der Waals surface area (Å²) in [7, 11) is 1.97. The van der Waals surface area contributed by atoms with Crippen molar-refractivity contribution in [1.29, 1.82) is 0 Å². The fraction of sp³-hybridized carbons (Fsp3) is 0.500. The fourth-order valence-electron chi connectivity index (χ4n) is 3.89. The maximum absolute atomic E-state index is 14.8. The van der Waals surface area contributed by atoms with Crippen molar-refractivity contribution in [3.8, 4) is 0 Å². The van der Waals surface area contributed by atoms with Crippen molar-refractivity contribution in [1.82, 2.24) is 9.80 Å². The van der Waals surface area contributed by atoms with Crippen LogP contribution in [0.3, 0.4) is 0 Å². The number of likely N-dealkylation sites (tertiary alicyclic amines) is 1. The van der Waals surface area contributed by atoms with E-state index in [9.17, 15) is 13.9 Å². The van der Waals surface area contributed by atoms with Gasteiger partial charge in [-0.25, -0.2) is 8.78 Å². The second kappa shape index (κ2) is 7.56. The van der Waals surface area contributed by atoms with Crippen molar-refractivity contribution in [3.05, 3.63) is 58.2 Å². The standard InChI is InChI=1S/C20H26F2N2O/c1-14-10-16(18-8-4-3-6-15(13-25)19(18)22)11-23(2)20(14)24-9-5-7-17(21)12-24/h4,6,8,10,17,25H,3,5,7,9,11-13H2,1-2H3. The van der Waals surface area contributed by atoms with Gasteiger partial charge in [0, 0.05) is 31.3 Å². The molecule has 0 aromatic carbocycles. The first-order valence-corrected chi connectivity index (χ1v) is 8.89. The van der Waals surface area contributed by atoms with E-state index in [1.54, 1.807) is 12.2 Å². The van der Waals surface area contributed by atoms with Gasteiger partial charge in [0.1, 0.15) is 17.8 Å². The van der Waals surface area contributed by atoms with Crippen LogP contribution in [0, 0.1) is 0 Å². The van der Waals surface area contributed by atoms with Crippen LogP contribution in [0.15, 0.2) is 58.2 Å². The lowest BCUT2D eigenvalue weighted by molar-refractivity contribution is 0.134. The van der Waals surface area contributed by atoms with E-state index in [0.29, 0.717) is 37.1 Å². The summed E-state index contributed by atoms with van der Waals surface area (Å²) in [5.41, 5.74) is 2.77. The second-order valence-electron chi connectivity index (χ2n) is 6.97. The molecule has 3 aliphatic rings. The molecule has 1 unspecified atom stereocenters. The Morgan fingerprint density at radius 2 is 2.16 bits per heavy atom. The molecule has 0 saturated carbocycles. The average molecular weight is 348 g/mol. The number of rotatable bonds is 3. The molecule has 0 aromatic rings. The minimum atomic E-state index is -0.782. The highest BCUT2D eigenvalue weighted by Crippen LogP contribution is 2.33. The first-order chi connectivity index (χ1) is 12.0. The lowest BCUT2D eigenvalue weighted by Crippen LogP contribution is -2.43. The third kappa shape index (κ3) is 3.71. The van der Waals surface area contributed by atoms with Gasteiger partial charge in [-0.05, 0) is 37.3 Å². The number of aliphatic hydroxyl groups is 1. The summed E-state index contributed by atoms with van der Waals surface area (Å²) in [5.74, 6) is 0.677. The summed E-state index contributed by atoms with van der Waals surface area (Å²) in [6.45, 7) is 3.54. The minimum absolute atomic E-state index is 0.300. The zero-order valence-electron chi connectivity index (χ0n) is 14.9. The van der Waals surface area contributed by atoms with Crippen LogP contribution < -0.4 is 0 Å². The molecule has 5 heteroatoms. The second-order valence-corrected chi connectivity index (χ2v) is 6.97. The number of alkyl halides is 1. The van der Waals surface area contributed by atoms with Crippen LogP contribution in [-0.2, 0) is 0 Å². The molecule has 1 N–H and O–H groups in total. The molecule has 136 valence electrons. The van der Waals surface area contributed by atoms with Crippen LogP contribution in [0.2, 0.25) is 0 Å². The van der Waals surface area contributed by atoms with Crippen molar-refractivity contribution in [2.24, 2.45) is 0 Å². The van der Waals surface area contributed by atoms with Gasteiger partial charge in [-0.3, -0.25) is 0 Å². The molecule has 0 bridgehead atoms. The quantitative estimate of drug-likeness (QED) is 0.844. The molecule has 1 atom stereocenters. The Bertz CT molecular complexity index is 688. The highest BCUT2D eigenvalue weighted by molar-refractivity contribution is 5.53. The predicted octanol–water partition coefficient (Wildman–Crippen LogP) is 3.63. The summed E-state index contributed by atoms with van der Waals surface area (Å²) < 4.78 is 28.6. The van der Waals surface area contributed by atoms with E-state index < -0.39 is 6.17 Å². The van der Waals surface area contributed by atoms with Crippen LogP contribution in [0.25, 0.3) is 0 Å². The number of piperidine rings is 1. The van der Waals surface area contributed by atoms with E-state index in [4.69, 9.17) is 0 Å². The van der Waals surface area contributed by atoms with E-state index in [1.807, 2.05) is 26.1 Å². The topological polar surface area (TPSA) is 26.7 Å². The van der Waals surface area contributed by atoms with Crippen LogP contribution >= 0.6 is 0 Å². The van der Waals surface area contributed by atoms with Gasteiger partial charge in [-0.2, -0.15) is 0 Å². The molecule has 0 spiro atoms. The molecule has 0 amide bonds. The molecular weight excluding hydrogens is 322 g/mol. The van der Waals surface area contributed by atoms with Crippen molar-refractivity contribution < 1.29 is 13.9 Å². The Morgan fingerprint density at radius 3 is 2.84 bits per heavy atom. The largest absolute Gasteiger partial charge is 0.392 e. The van der Waals surface area contributed by atoms with E-state index >= 15 is 0 Å². The Balaban J connectivity index is 1.95. The van der Waals surface area contributed by atoms with Crippen LogP contribution in [-0.4, -0.2) is 54.4 Å². The SMILES string of the molecule is CC1=C(N2CCCC(F)C2)N(C)CC(C2=C(F)C(CO)=CCC=C2)=C1. The van der Waals surface area contributed by atoms with Gasteiger partial charge >= 0.3 is 0 Å². The summed E-state index contributed by atoms with van der Waals surface area (Å²) in [5, 5.41) is 9.39. The molecule has 2 aliphatic heterocycles. The number of likely N-dealkylation sites (N-methyl/N-ethyl adjacent to an activating group) is 1. The van der Waals surface area contributed by atoms with E-state index in [2.05, 4.69) is 9.80 Å². The van der Waals surface area contributed by atoms with E-state index in [1.165, 1.54) is 0 Å². The summed E-state index contributed by atoms with van der Waals surface area (Å²) in [4.78, 5) is 4.17. The smallest absolute Gasteiger partial charge is 0.135 e. The maximum atomic E-state index is 14.8. The molecular formula is C20H26F2N2O. The molecule has 1 fully saturated rings. The van der Waals surface area contributed by atoms with Gasteiger partial charge in [0.15, 0.2) is 0 Å². The minimum Gasteiger partial charge on any atom is -0.392 e. The molecule has 3 rings (SSSR count). The monoisotopic (exact) mass is 348 g/mol. The summed E-state index contributed by atoms with van der Waals surface area (Å²) >= 11 is 0. The maximum Gasteiger partial charge on any atom is 0.135 e. The number of hydrogen-bond acceptors (Lipinski definition) is 3. The third-order valence-corrected chi connectivity index (χ3v) is 5.00. The Labute approximate surface area is 148 Å². The lowest BCUT2D eigenvalue weighted by atomic mass is 9.96. The first kappa shape index (κ1) is 17.9. The van der Waals surface area contributed by atoms with Crippen LogP contribution in [0.1, 0.15) is 26.2 Å². The number of allylic oxidation sites excluding steroid dienone is 5. The number of aliphatic hydroxyl groups excluding tert-OH is 1. The first-order valence-electron chi connectivity index (χ1n) is 8.89. The Hall–Kier alpha value is -1.88. The van der Waals surface area contributed by atoms with Gasteiger partial charge in [0.05, 0.1) is 13.2 Å². The van der Waals surface area contributed by atoms with Gasteiger partial charge in [-0.1, -0.05) is 24.3 Å². The Kier molecular flexibility index (Phi) is 5.42. The van der Waals surface area contributed by atoms with E-state index in [0.717, 1.165) is 29.9 Å².